The van der Waals surface area contributed by atoms with E-state index in [1.165, 1.54) is 46.5 Å². The fourth-order valence-corrected chi connectivity index (χ4v) is 3.27. The zero-order valence-corrected chi connectivity index (χ0v) is 16.9. The Morgan fingerprint density at radius 1 is 1.29 bits per heavy atom. The Bertz CT molecular complexity index is 1200. The van der Waals surface area contributed by atoms with Crippen molar-refractivity contribution in [1.29, 1.82) is 0 Å². The van der Waals surface area contributed by atoms with Crippen molar-refractivity contribution in [3.63, 3.8) is 0 Å². The monoisotopic (exact) mass is 441 g/mol. The van der Waals surface area contributed by atoms with Crippen molar-refractivity contribution in [2.45, 2.75) is 13.5 Å². The van der Waals surface area contributed by atoms with E-state index >= 15 is 0 Å². The minimum Gasteiger partial charge on any atom is -0.479 e. The number of thiophene rings is 1. The van der Waals surface area contributed by atoms with Crippen molar-refractivity contribution in [2.24, 2.45) is 0 Å². The van der Waals surface area contributed by atoms with Crippen LogP contribution in [-0.2, 0) is 11.3 Å². The van der Waals surface area contributed by atoms with Crippen molar-refractivity contribution in [3.05, 3.63) is 69.7 Å². The molecule has 158 valence electrons. The highest BCUT2D eigenvalue weighted by Crippen LogP contribution is 2.25. The predicted molar refractivity (Wildman–Crippen MR) is 108 cm³/mol. The van der Waals surface area contributed by atoms with E-state index in [9.17, 15) is 14.9 Å². The van der Waals surface area contributed by atoms with Crippen LogP contribution in [-0.4, -0.2) is 37.4 Å². The number of non-ortho nitro benzene ring substituents is 1. The second kappa shape index (κ2) is 8.75. The Balaban J connectivity index is 1.57. The summed E-state index contributed by atoms with van der Waals surface area (Å²) in [5, 5.41) is 20.9. The Morgan fingerprint density at radius 3 is 2.77 bits per heavy atom. The third-order valence-corrected chi connectivity index (χ3v) is 4.90. The maximum atomic E-state index is 12.3. The fourth-order valence-electron chi connectivity index (χ4n) is 2.62. The Morgan fingerprint density at radius 2 is 2.10 bits per heavy atom. The molecule has 0 fully saturated rings. The maximum Gasteiger partial charge on any atom is 0.362 e. The van der Waals surface area contributed by atoms with E-state index in [1.807, 2.05) is 17.5 Å². The second-order valence-corrected chi connectivity index (χ2v) is 7.01. The summed E-state index contributed by atoms with van der Waals surface area (Å²) >= 11 is 1.48. The van der Waals surface area contributed by atoms with Gasteiger partial charge in [0.2, 0.25) is 11.5 Å². The molecule has 4 aromatic rings. The van der Waals surface area contributed by atoms with Gasteiger partial charge < -0.3 is 14.0 Å². The van der Waals surface area contributed by atoms with Crippen LogP contribution in [0.3, 0.4) is 0 Å². The highest BCUT2D eigenvalue weighted by atomic mass is 32.1. The van der Waals surface area contributed by atoms with Crippen LogP contribution in [0.5, 0.6) is 5.75 Å². The third-order valence-electron chi connectivity index (χ3n) is 4.04. The van der Waals surface area contributed by atoms with E-state index in [0.29, 0.717) is 11.5 Å². The molecule has 3 aromatic heterocycles. The Hall–Kier alpha value is -4.06. The minimum absolute atomic E-state index is 0.0433. The van der Waals surface area contributed by atoms with Gasteiger partial charge in [-0.1, -0.05) is 11.2 Å². The standard InChI is InChI=1S/C19H15N5O6S/c1-2-28-19(25)17-14(10-23(21-17)12-5-7-13(8-6-12)24(26)27)29-11-16-20-18(22-30-16)15-4-3-9-31-15/h3-10H,2,11H2,1H3. The minimum atomic E-state index is -0.664. The molecule has 11 nitrogen and oxygen atoms in total. The van der Waals surface area contributed by atoms with Crippen LogP contribution in [0.15, 0.2) is 52.5 Å². The van der Waals surface area contributed by atoms with Crippen LogP contribution < -0.4 is 4.74 Å². The number of hydrogen-bond acceptors (Lipinski definition) is 10. The first-order valence-electron chi connectivity index (χ1n) is 9.06. The number of aromatic nitrogens is 4. The zero-order valence-electron chi connectivity index (χ0n) is 16.1. The van der Waals surface area contributed by atoms with Gasteiger partial charge in [-0.3, -0.25) is 10.1 Å². The number of ether oxygens (including phenoxy) is 2. The molecule has 12 heteroatoms. The molecule has 3 heterocycles. The van der Waals surface area contributed by atoms with Crippen molar-refractivity contribution < 1.29 is 23.7 Å². The molecule has 0 aliphatic rings. The van der Waals surface area contributed by atoms with Gasteiger partial charge in [0, 0.05) is 12.1 Å². The lowest BCUT2D eigenvalue weighted by atomic mass is 10.3. The molecule has 0 aliphatic carbocycles. The Labute approximate surface area is 179 Å². The number of nitrogens with zero attached hydrogens (tertiary/aromatic N) is 5. The molecule has 0 spiro atoms. The summed E-state index contributed by atoms with van der Waals surface area (Å²) in [6.45, 7) is 1.75. The van der Waals surface area contributed by atoms with E-state index in [0.717, 1.165) is 4.88 Å². The summed E-state index contributed by atoms with van der Waals surface area (Å²) in [4.78, 5) is 27.8. The van der Waals surface area contributed by atoms with E-state index < -0.39 is 10.9 Å². The molecule has 0 N–H and O–H groups in total. The molecule has 0 atom stereocenters. The smallest absolute Gasteiger partial charge is 0.362 e. The molecule has 0 saturated carbocycles. The lowest BCUT2D eigenvalue weighted by Crippen LogP contribution is -2.08. The molecular weight excluding hydrogens is 426 g/mol. The number of hydrogen-bond donors (Lipinski definition) is 0. The normalized spacial score (nSPS) is 10.7. The molecule has 0 unspecified atom stereocenters. The van der Waals surface area contributed by atoms with Crippen molar-refractivity contribution in [1.82, 2.24) is 19.9 Å². The molecule has 0 saturated heterocycles. The summed E-state index contributed by atoms with van der Waals surface area (Å²) in [7, 11) is 0. The van der Waals surface area contributed by atoms with Gasteiger partial charge in [-0.05, 0) is 30.5 Å². The molecule has 31 heavy (non-hydrogen) atoms. The number of benzene rings is 1. The van der Waals surface area contributed by atoms with Gasteiger partial charge in [0.25, 0.3) is 11.6 Å². The average Bonchev–Trinajstić information content (AvgIpc) is 3.53. The first-order chi connectivity index (χ1) is 15.0. The topological polar surface area (TPSA) is 135 Å². The number of nitro groups is 1. The van der Waals surface area contributed by atoms with E-state index in [2.05, 4.69) is 15.2 Å². The molecule has 4 rings (SSSR count). The van der Waals surface area contributed by atoms with Gasteiger partial charge in [0.1, 0.15) is 0 Å². The molecular formula is C19H15N5O6S. The van der Waals surface area contributed by atoms with Crippen molar-refractivity contribution >= 4 is 23.0 Å². The molecule has 1 aromatic carbocycles. The summed E-state index contributed by atoms with van der Waals surface area (Å²) in [6.07, 6.45) is 1.48. The van der Waals surface area contributed by atoms with E-state index in [-0.39, 0.29) is 36.2 Å². The summed E-state index contributed by atoms with van der Waals surface area (Å²) in [5.41, 5.74) is 0.401. The molecule has 0 aliphatic heterocycles. The highest BCUT2D eigenvalue weighted by molar-refractivity contribution is 7.13. The third kappa shape index (κ3) is 4.43. The SMILES string of the molecule is CCOC(=O)c1nn(-c2ccc([N+](=O)[O-])cc2)cc1OCc1nc(-c2cccs2)no1. The second-order valence-electron chi connectivity index (χ2n) is 6.06. The average molecular weight is 441 g/mol. The summed E-state index contributed by atoms with van der Waals surface area (Å²) in [5.74, 6) is 0.151. The van der Waals surface area contributed by atoms with Gasteiger partial charge in [0.15, 0.2) is 12.4 Å². The van der Waals surface area contributed by atoms with Gasteiger partial charge in [-0.25, -0.2) is 9.48 Å². The first kappa shape index (κ1) is 20.2. The lowest BCUT2D eigenvalue weighted by molar-refractivity contribution is -0.384. The number of esters is 1. The fraction of sp³-hybridized carbons (Fsp3) is 0.158. The lowest BCUT2D eigenvalue weighted by Gasteiger charge is -2.02. The van der Waals surface area contributed by atoms with Crippen LogP contribution >= 0.6 is 11.3 Å². The van der Waals surface area contributed by atoms with Crippen LogP contribution in [0.4, 0.5) is 5.69 Å². The zero-order chi connectivity index (χ0) is 21.8. The van der Waals surface area contributed by atoms with E-state index in [4.69, 9.17) is 14.0 Å². The quantitative estimate of drug-likeness (QED) is 0.228. The molecule has 0 bridgehead atoms. The van der Waals surface area contributed by atoms with Crippen molar-refractivity contribution in [2.75, 3.05) is 6.61 Å². The van der Waals surface area contributed by atoms with E-state index in [1.54, 1.807) is 6.92 Å². The summed E-state index contributed by atoms with van der Waals surface area (Å²) < 4.78 is 17.3. The molecule has 0 amide bonds. The van der Waals surface area contributed by atoms with Gasteiger partial charge in [-0.2, -0.15) is 10.1 Å². The number of carbonyl (C=O) groups excluding carboxylic acids is 1. The number of carbonyl (C=O) groups is 1. The molecule has 0 radical (unpaired) electrons. The van der Waals surface area contributed by atoms with Gasteiger partial charge in [0.05, 0.1) is 28.3 Å². The van der Waals surface area contributed by atoms with Crippen LogP contribution in [0.2, 0.25) is 0 Å². The highest BCUT2D eigenvalue weighted by Gasteiger charge is 2.21. The van der Waals surface area contributed by atoms with Crippen LogP contribution in [0.1, 0.15) is 23.3 Å². The number of nitro benzene ring substituents is 1. The first-order valence-corrected chi connectivity index (χ1v) is 9.94. The van der Waals surface area contributed by atoms with Crippen LogP contribution in [0, 0.1) is 10.1 Å². The maximum absolute atomic E-state index is 12.3. The number of rotatable bonds is 8. The van der Waals surface area contributed by atoms with Gasteiger partial charge >= 0.3 is 5.97 Å². The van der Waals surface area contributed by atoms with Crippen molar-refractivity contribution in [3.8, 4) is 22.1 Å². The van der Waals surface area contributed by atoms with Crippen LogP contribution in [0.25, 0.3) is 16.4 Å². The predicted octanol–water partition coefficient (Wildman–Crippen LogP) is 3.65. The Kier molecular flexibility index (Phi) is 5.71. The van der Waals surface area contributed by atoms with Gasteiger partial charge in [-0.15, -0.1) is 11.3 Å². The summed E-state index contributed by atoms with van der Waals surface area (Å²) in [6, 6.07) is 9.44. The largest absolute Gasteiger partial charge is 0.479 e.